The minimum atomic E-state index is -0.890. The van der Waals surface area contributed by atoms with E-state index < -0.39 is 17.8 Å². The first-order chi connectivity index (χ1) is 22.6. The summed E-state index contributed by atoms with van der Waals surface area (Å²) in [5, 5.41) is 1.07. The highest BCUT2D eigenvalue weighted by molar-refractivity contribution is 14.1. The molecule has 0 bridgehead atoms. The van der Waals surface area contributed by atoms with E-state index in [1.54, 1.807) is 37.3 Å². The maximum atomic E-state index is 14.2. The molecule has 12 heteroatoms. The normalized spacial score (nSPS) is 14.5. The van der Waals surface area contributed by atoms with Crippen molar-refractivity contribution in [2.45, 2.75) is 19.6 Å². The smallest absolute Gasteiger partial charge is 0.338 e. The van der Waals surface area contributed by atoms with Gasteiger partial charge in [-0.05, 0) is 106 Å². The minimum Gasteiger partial charge on any atom is -0.487 e. The third-order valence-corrected chi connectivity index (χ3v) is 10.4. The predicted octanol–water partition coefficient (Wildman–Crippen LogP) is 8.17. The van der Waals surface area contributed by atoms with E-state index >= 15 is 0 Å². The summed E-state index contributed by atoms with van der Waals surface area (Å²) in [5.74, 6) is -0.337. The van der Waals surface area contributed by atoms with Crippen LogP contribution in [0.2, 0.25) is 10.0 Å². The molecule has 0 N–H and O–H groups in total. The molecule has 1 aliphatic heterocycles. The van der Waals surface area contributed by atoms with Gasteiger partial charge in [-0.25, -0.2) is 14.2 Å². The van der Waals surface area contributed by atoms with Crippen molar-refractivity contribution in [3.05, 3.63) is 155 Å². The lowest BCUT2D eigenvalue weighted by atomic mass is 9.93. The van der Waals surface area contributed by atoms with E-state index in [0.717, 1.165) is 18.3 Å². The van der Waals surface area contributed by atoms with Crippen LogP contribution in [0.5, 0.6) is 5.75 Å². The zero-order valence-electron chi connectivity index (χ0n) is 24.5. The Morgan fingerprint density at radius 2 is 1.72 bits per heavy atom. The van der Waals surface area contributed by atoms with Gasteiger partial charge in [-0.2, -0.15) is 0 Å². The van der Waals surface area contributed by atoms with E-state index in [-0.39, 0.29) is 24.3 Å². The minimum absolute atomic E-state index is 0.134. The quantitative estimate of drug-likeness (QED) is 0.117. The van der Waals surface area contributed by atoms with E-state index in [0.29, 0.717) is 42.0 Å². The highest BCUT2D eigenvalue weighted by Gasteiger charge is 2.35. The molecule has 4 aromatic carbocycles. The number of aromatic nitrogens is 1. The topological polar surface area (TPSA) is 69.9 Å². The van der Waals surface area contributed by atoms with Crippen molar-refractivity contribution in [3.8, 4) is 5.75 Å². The molecule has 1 atom stereocenters. The number of halogens is 5. The summed E-state index contributed by atoms with van der Waals surface area (Å²) >= 11 is 18.0. The maximum Gasteiger partial charge on any atom is 0.338 e. The number of rotatable bonds is 8. The fourth-order valence-corrected chi connectivity index (χ4v) is 8.73. The second kappa shape index (κ2) is 14.6. The number of esters is 1. The number of hydrogen-bond donors (Lipinski definition) is 0. The third kappa shape index (κ3) is 7.21. The van der Waals surface area contributed by atoms with Crippen molar-refractivity contribution in [3.63, 3.8) is 0 Å². The number of hydrogen-bond acceptors (Lipinski definition) is 6. The predicted molar refractivity (Wildman–Crippen MR) is 200 cm³/mol. The molecule has 6 nitrogen and oxygen atoms in total. The molecule has 5 aromatic rings. The van der Waals surface area contributed by atoms with Crippen molar-refractivity contribution in [1.82, 2.24) is 4.57 Å². The number of benzene rings is 4. The number of carbonyl (C=O) groups is 1. The highest BCUT2D eigenvalue weighted by atomic mass is 127. The first-order valence-corrected chi connectivity index (χ1v) is 18.0. The summed E-state index contributed by atoms with van der Waals surface area (Å²) in [5.41, 5.74) is 3.11. The van der Waals surface area contributed by atoms with Crippen molar-refractivity contribution >= 4 is 97.5 Å². The van der Waals surface area contributed by atoms with Gasteiger partial charge in [-0.1, -0.05) is 83.1 Å². The van der Waals surface area contributed by atoms with Crippen molar-refractivity contribution in [1.29, 1.82) is 0 Å². The van der Waals surface area contributed by atoms with E-state index in [9.17, 15) is 14.0 Å². The third-order valence-electron chi connectivity index (χ3n) is 7.26. The number of thiazole rings is 1. The lowest BCUT2D eigenvalue weighted by Crippen LogP contribution is -2.40. The Bertz CT molecular complexity index is 2200. The molecule has 0 spiro atoms. The van der Waals surface area contributed by atoms with Gasteiger partial charge in [-0.3, -0.25) is 9.36 Å². The molecule has 0 aliphatic carbocycles. The van der Waals surface area contributed by atoms with Gasteiger partial charge in [0.25, 0.3) is 5.56 Å². The molecule has 0 amide bonds. The highest BCUT2D eigenvalue weighted by Crippen LogP contribution is 2.35. The average molecular weight is 911 g/mol. The Hall–Kier alpha value is -3.04. The molecule has 1 aromatic heterocycles. The second-order valence-corrected chi connectivity index (χ2v) is 14.5. The summed E-state index contributed by atoms with van der Waals surface area (Å²) in [6, 6.07) is 23.3. The summed E-state index contributed by atoms with van der Waals surface area (Å²) in [6.45, 7) is 2.11. The van der Waals surface area contributed by atoms with Gasteiger partial charge >= 0.3 is 5.97 Å². The monoisotopic (exact) mass is 910 g/mol. The molecule has 0 unspecified atom stereocenters. The molecular formula is C35H23Cl2FI2N2O4S. The van der Waals surface area contributed by atoms with E-state index in [1.165, 1.54) is 28.0 Å². The van der Waals surface area contributed by atoms with Gasteiger partial charge in [0.1, 0.15) is 18.2 Å². The summed E-state index contributed by atoms with van der Waals surface area (Å²) in [6.07, 6.45) is 1.80. The largest absolute Gasteiger partial charge is 0.487 e. The second-order valence-electron chi connectivity index (χ2n) is 10.3. The van der Waals surface area contributed by atoms with Gasteiger partial charge in [0.2, 0.25) is 0 Å². The molecule has 6 rings (SSSR count). The van der Waals surface area contributed by atoms with E-state index in [4.69, 9.17) is 37.7 Å². The number of carbonyl (C=O) groups excluding carboxylic acids is 1. The van der Waals surface area contributed by atoms with Gasteiger partial charge in [0.15, 0.2) is 4.80 Å². The van der Waals surface area contributed by atoms with Crippen LogP contribution >= 0.6 is 79.7 Å². The standard InChI is InChI=1S/C35H23Cl2FI2N2O4S/c1-2-45-34(44)29-30(20-6-4-3-5-7-20)41-35-42(31(29)21-9-12-24(38)13-10-21)33(43)28(47-35)16-19-14-26(39)32(27(40)15-19)46-18-22-8-11-23(36)17-25(22)37/h3-17,31H,2,18H2,1H3/b28-16-/t31-/m0/s1. The molecule has 2 heterocycles. The number of ether oxygens (including phenoxy) is 2. The number of nitrogens with zero attached hydrogens (tertiary/aromatic N) is 2. The van der Waals surface area contributed by atoms with Crippen molar-refractivity contribution in [2.75, 3.05) is 6.61 Å². The van der Waals surface area contributed by atoms with Crippen LogP contribution in [0.15, 0.2) is 100 Å². The van der Waals surface area contributed by atoms with Crippen LogP contribution in [0.4, 0.5) is 4.39 Å². The fourth-order valence-electron chi connectivity index (χ4n) is 5.14. The molecule has 0 fully saturated rings. The summed E-state index contributed by atoms with van der Waals surface area (Å²) in [4.78, 5) is 33.0. The lowest BCUT2D eigenvalue weighted by Gasteiger charge is -2.25. The Morgan fingerprint density at radius 1 is 1.02 bits per heavy atom. The van der Waals surface area contributed by atoms with Crippen LogP contribution in [0.25, 0.3) is 11.8 Å². The fraction of sp³-hybridized carbons (Fsp3) is 0.114. The average Bonchev–Trinajstić information content (AvgIpc) is 3.35. The Labute approximate surface area is 310 Å². The Kier molecular flexibility index (Phi) is 10.5. The molecule has 0 saturated heterocycles. The van der Waals surface area contributed by atoms with E-state index in [1.807, 2.05) is 48.5 Å². The molecule has 47 heavy (non-hydrogen) atoms. The zero-order chi connectivity index (χ0) is 33.2. The van der Waals surface area contributed by atoms with Crippen LogP contribution in [0.3, 0.4) is 0 Å². The lowest BCUT2D eigenvalue weighted by molar-refractivity contribution is -0.138. The molecule has 0 radical (unpaired) electrons. The molecular weight excluding hydrogens is 888 g/mol. The van der Waals surface area contributed by atoms with Gasteiger partial charge in [0, 0.05) is 21.2 Å². The van der Waals surface area contributed by atoms with Crippen LogP contribution < -0.4 is 19.6 Å². The van der Waals surface area contributed by atoms with Gasteiger partial charge in [0.05, 0.1) is 35.6 Å². The van der Waals surface area contributed by atoms with Crippen LogP contribution in [0.1, 0.15) is 35.2 Å². The summed E-state index contributed by atoms with van der Waals surface area (Å²) < 4.78 is 29.3. The van der Waals surface area contributed by atoms with Crippen molar-refractivity contribution in [2.24, 2.45) is 4.99 Å². The zero-order valence-corrected chi connectivity index (χ0v) is 31.1. The summed E-state index contributed by atoms with van der Waals surface area (Å²) in [7, 11) is 0. The van der Waals surface area contributed by atoms with Crippen LogP contribution in [-0.2, 0) is 16.1 Å². The molecule has 1 aliphatic rings. The number of fused-ring (bicyclic) bond motifs is 1. The van der Waals surface area contributed by atoms with E-state index in [2.05, 4.69) is 45.2 Å². The van der Waals surface area contributed by atoms with Crippen molar-refractivity contribution < 1.29 is 18.7 Å². The Balaban J connectivity index is 1.46. The van der Waals surface area contributed by atoms with Crippen LogP contribution in [-0.4, -0.2) is 17.1 Å². The van der Waals surface area contributed by atoms with Gasteiger partial charge in [-0.15, -0.1) is 0 Å². The molecule has 238 valence electrons. The first kappa shape index (κ1) is 33.8. The maximum absolute atomic E-state index is 14.2. The Morgan fingerprint density at radius 3 is 2.38 bits per heavy atom. The van der Waals surface area contributed by atoms with Crippen LogP contribution in [0, 0.1) is 13.0 Å². The SMILES string of the molecule is CCOC(=O)C1=C(c2ccccc2)N=c2s/c(=C\c3cc(I)c(OCc4ccc(Cl)cc4Cl)c(I)c3)c(=O)n2[C@H]1c1ccc(F)cc1. The van der Waals surface area contributed by atoms with Gasteiger partial charge < -0.3 is 9.47 Å². The molecule has 0 saturated carbocycles. The first-order valence-electron chi connectivity index (χ1n) is 14.2.